The maximum absolute atomic E-state index is 13.6. The summed E-state index contributed by atoms with van der Waals surface area (Å²) in [7, 11) is 1.82. The predicted molar refractivity (Wildman–Crippen MR) is 67.5 cm³/mol. The second kappa shape index (κ2) is 5.95. The van der Waals surface area contributed by atoms with Crippen LogP contribution in [0.15, 0.2) is 34.7 Å². The van der Waals surface area contributed by atoms with Crippen LogP contribution in [0.2, 0.25) is 0 Å². The quantitative estimate of drug-likeness (QED) is 0.904. The monoisotopic (exact) mass is 267 g/mol. The number of furan rings is 1. The van der Waals surface area contributed by atoms with Gasteiger partial charge in [-0.2, -0.15) is 0 Å². The Kier molecular flexibility index (Phi) is 4.29. The maximum Gasteiger partial charge on any atom is 0.140 e. The Morgan fingerprint density at radius 2 is 1.84 bits per heavy atom. The lowest BCUT2D eigenvalue weighted by molar-refractivity contribution is 0.209. The minimum absolute atomic E-state index is 0.0476. The van der Waals surface area contributed by atoms with Gasteiger partial charge in [-0.15, -0.1) is 0 Å². The van der Waals surface area contributed by atoms with E-state index in [-0.39, 0.29) is 17.9 Å². The van der Waals surface area contributed by atoms with Crippen LogP contribution >= 0.6 is 0 Å². The summed E-state index contributed by atoms with van der Waals surface area (Å²) >= 11 is 0. The van der Waals surface area contributed by atoms with Crippen LogP contribution in [0.25, 0.3) is 11.3 Å². The van der Waals surface area contributed by atoms with E-state index in [1.807, 2.05) is 11.9 Å². The summed E-state index contributed by atoms with van der Waals surface area (Å²) in [4.78, 5) is 1.85. The van der Waals surface area contributed by atoms with Gasteiger partial charge in [-0.1, -0.05) is 6.07 Å². The molecule has 102 valence electrons. The first-order chi connectivity index (χ1) is 9.11. The Morgan fingerprint density at radius 3 is 2.47 bits per heavy atom. The van der Waals surface area contributed by atoms with Gasteiger partial charge in [0.05, 0.1) is 18.7 Å². The van der Waals surface area contributed by atoms with E-state index < -0.39 is 11.6 Å². The van der Waals surface area contributed by atoms with Crippen molar-refractivity contribution >= 4 is 0 Å². The van der Waals surface area contributed by atoms with Gasteiger partial charge < -0.3 is 9.52 Å². The topological polar surface area (TPSA) is 36.6 Å². The van der Waals surface area contributed by atoms with Crippen molar-refractivity contribution in [2.45, 2.75) is 6.54 Å². The molecular formula is C14H15F2NO2. The smallest absolute Gasteiger partial charge is 0.140 e. The number of benzene rings is 1. The van der Waals surface area contributed by atoms with Crippen LogP contribution in [0, 0.1) is 11.6 Å². The van der Waals surface area contributed by atoms with E-state index in [1.165, 1.54) is 18.2 Å². The molecule has 0 amide bonds. The van der Waals surface area contributed by atoms with Gasteiger partial charge >= 0.3 is 0 Å². The number of nitrogens with zero attached hydrogens (tertiary/aromatic N) is 1. The van der Waals surface area contributed by atoms with Crippen molar-refractivity contribution in [2.75, 3.05) is 20.2 Å². The van der Waals surface area contributed by atoms with Gasteiger partial charge in [0.2, 0.25) is 0 Å². The fourth-order valence-electron chi connectivity index (χ4n) is 1.85. The zero-order valence-electron chi connectivity index (χ0n) is 10.6. The number of likely N-dealkylation sites (N-methyl/N-ethyl adjacent to an activating group) is 1. The van der Waals surface area contributed by atoms with E-state index >= 15 is 0 Å². The van der Waals surface area contributed by atoms with Gasteiger partial charge in [-0.25, -0.2) is 8.78 Å². The van der Waals surface area contributed by atoms with Gasteiger partial charge in [0, 0.05) is 6.54 Å². The second-order valence-electron chi connectivity index (χ2n) is 4.32. The average molecular weight is 267 g/mol. The van der Waals surface area contributed by atoms with E-state index in [4.69, 9.17) is 9.52 Å². The van der Waals surface area contributed by atoms with Crippen molar-refractivity contribution in [1.82, 2.24) is 4.90 Å². The molecule has 0 saturated carbocycles. The molecule has 5 heteroatoms. The Balaban J connectivity index is 2.21. The minimum Gasteiger partial charge on any atom is -0.460 e. The van der Waals surface area contributed by atoms with Gasteiger partial charge in [0.25, 0.3) is 0 Å². The number of rotatable bonds is 5. The van der Waals surface area contributed by atoms with Crippen LogP contribution in [-0.4, -0.2) is 30.2 Å². The molecule has 2 rings (SSSR count). The molecule has 0 fully saturated rings. The highest BCUT2D eigenvalue weighted by Crippen LogP contribution is 2.27. The van der Waals surface area contributed by atoms with Crippen LogP contribution in [-0.2, 0) is 6.54 Å². The third kappa shape index (κ3) is 3.19. The summed E-state index contributed by atoms with van der Waals surface area (Å²) in [5, 5.41) is 8.80. The van der Waals surface area contributed by atoms with Crippen LogP contribution in [0.3, 0.4) is 0 Å². The Bertz CT molecular complexity index is 534. The SMILES string of the molecule is CN(CCO)Cc1ccc(-c2c(F)cccc2F)o1. The zero-order chi connectivity index (χ0) is 13.8. The summed E-state index contributed by atoms with van der Waals surface area (Å²) in [6, 6.07) is 6.92. The van der Waals surface area contributed by atoms with E-state index in [0.29, 0.717) is 18.8 Å². The molecule has 0 aliphatic carbocycles. The van der Waals surface area contributed by atoms with Gasteiger partial charge in [-0.05, 0) is 31.3 Å². The van der Waals surface area contributed by atoms with Gasteiger partial charge in [0.1, 0.15) is 23.2 Å². The molecule has 0 saturated heterocycles. The standard InChI is InChI=1S/C14H15F2NO2/c1-17(7-8-18)9-10-5-6-13(19-10)14-11(15)3-2-4-12(14)16/h2-6,18H,7-9H2,1H3. The molecule has 1 aromatic heterocycles. The van der Waals surface area contributed by atoms with Crippen LogP contribution in [0.5, 0.6) is 0 Å². The number of hydrogen-bond acceptors (Lipinski definition) is 3. The van der Waals surface area contributed by atoms with Crippen molar-refractivity contribution in [3.63, 3.8) is 0 Å². The molecule has 0 spiro atoms. The molecule has 0 unspecified atom stereocenters. The lowest BCUT2D eigenvalue weighted by Gasteiger charge is -2.12. The normalized spacial score (nSPS) is 11.2. The Hall–Kier alpha value is -1.72. The highest BCUT2D eigenvalue weighted by Gasteiger charge is 2.15. The molecule has 1 N–H and O–H groups in total. The molecule has 19 heavy (non-hydrogen) atoms. The van der Waals surface area contributed by atoms with Crippen LogP contribution in [0.1, 0.15) is 5.76 Å². The number of aliphatic hydroxyl groups excluding tert-OH is 1. The molecule has 1 aromatic carbocycles. The zero-order valence-corrected chi connectivity index (χ0v) is 10.6. The number of aliphatic hydroxyl groups is 1. The molecule has 0 radical (unpaired) electrons. The molecule has 3 nitrogen and oxygen atoms in total. The fourth-order valence-corrected chi connectivity index (χ4v) is 1.85. The second-order valence-corrected chi connectivity index (χ2v) is 4.32. The Labute approximate surface area is 110 Å². The lowest BCUT2D eigenvalue weighted by Crippen LogP contribution is -2.21. The maximum atomic E-state index is 13.6. The fraction of sp³-hybridized carbons (Fsp3) is 0.286. The first-order valence-corrected chi connectivity index (χ1v) is 5.94. The molecule has 1 heterocycles. The number of halogens is 2. The summed E-state index contributed by atoms with van der Waals surface area (Å²) in [5.74, 6) is -0.536. The Morgan fingerprint density at radius 1 is 1.16 bits per heavy atom. The van der Waals surface area contributed by atoms with E-state index in [2.05, 4.69) is 0 Å². The molecule has 0 atom stereocenters. The molecule has 0 aliphatic heterocycles. The average Bonchev–Trinajstić information content (AvgIpc) is 2.77. The van der Waals surface area contributed by atoms with Crippen LogP contribution in [0.4, 0.5) is 8.78 Å². The predicted octanol–water partition coefficient (Wildman–Crippen LogP) is 2.65. The summed E-state index contributed by atoms with van der Waals surface area (Å²) in [5.41, 5.74) is -0.154. The lowest BCUT2D eigenvalue weighted by atomic mass is 10.1. The van der Waals surface area contributed by atoms with E-state index in [0.717, 1.165) is 0 Å². The summed E-state index contributed by atoms with van der Waals surface area (Å²) < 4.78 is 32.6. The van der Waals surface area contributed by atoms with Crippen molar-refractivity contribution in [3.8, 4) is 11.3 Å². The van der Waals surface area contributed by atoms with Gasteiger partial charge in [-0.3, -0.25) is 4.90 Å². The van der Waals surface area contributed by atoms with Crippen molar-refractivity contribution in [1.29, 1.82) is 0 Å². The molecule has 0 aliphatic rings. The largest absolute Gasteiger partial charge is 0.460 e. The van der Waals surface area contributed by atoms with E-state index in [9.17, 15) is 8.78 Å². The minimum atomic E-state index is -0.649. The number of hydrogen-bond donors (Lipinski definition) is 1. The third-order valence-corrected chi connectivity index (χ3v) is 2.78. The highest BCUT2D eigenvalue weighted by atomic mass is 19.1. The first kappa shape index (κ1) is 13.7. The van der Waals surface area contributed by atoms with Gasteiger partial charge in [0.15, 0.2) is 0 Å². The van der Waals surface area contributed by atoms with Crippen molar-refractivity contribution in [2.24, 2.45) is 0 Å². The summed E-state index contributed by atoms with van der Waals surface area (Å²) in [6.07, 6.45) is 0. The van der Waals surface area contributed by atoms with Crippen molar-refractivity contribution < 1.29 is 18.3 Å². The molecule has 2 aromatic rings. The first-order valence-electron chi connectivity index (χ1n) is 5.94. The van der Waals surface area contributed by atoms with Crippen molar-refractivity contribution in [3.05, 3.63) is 47.7 Å². The summed E-state index contributed by atoms with van der Waals surface area (Å²) in [6.45, 7) is 1.02. The highest BCUT2D eigenvalue weighted by molar-refractivity contribution is 5.59. The molecule has 0 bridgehead atoms. The van der Waals surface area contributed by atoms with E-state index in [1.54, 1.807) is 12.1 Å². The molecular weight excluding hydrogens is 252 g/mol. The third-order valence-electron chi connectivity index (χ3n) is 2.78. The van der Waals surface area contributed by atoms with Crippen LogP contribution < -0.4 is 0 Å².